The molecule has 67 heavy (non-hydrogen) atoms. The van der Waals surface area contributed by atoms with E-state index in [9.17, 15) is 0 Å². The van der Waals surface area contributed by atoms with Gasteiger partial charge in [-0.05, 0) is 279 Å². The monoisotopic (exact) mass is 883 g/mol. The quantitative estimate of drug-likeness (QED) is 0.163. The van der Waals surface area contributed by atoms with Gasteiger partial charge in [0.25, 0.3) is 6.71 Å². The fraction of sp³-hybridized carbons (Fsp3) is 0.531. The number of aryl methyl sites for hydroxylation is 8. The van der Waals surface area contributed by atoms with Crippen LogP contribution >= 0.6 is 0 Å². The van der Waals surface area contributed by atoms with Crippen LogP contribution in [-0.4, -0.2) is 6.71 Å². The third-order valence-electron chi connectivity index (χ3n) is 19.8. The predicted molar refractivity (Wildman–Crippen MR) is 284 cm³/mol. The van der Waals surface area contributed by atoms with Crippen molar-refractivity contribution in [3.8, 4) is 0 Å². The number of anilines is 6. The first-order chi connectivity index (χ1) is 33.1. The van der Waals surface area contributed by atoms with Crippen LogP contribution in [0, 0.1) is 17.8 Å². The standard InChI is InChI=1S/C64H75BN2/c1-3-11-19-48-32-55(27-25-46(48)17-9-1)66-59-36-52-23-15-7-5-13-21-50(52)34-57(59)65-58-35-51-22-14-6-8-16-24-53(51)37-60(58)67(56-28-26-47-18-10-2-4-12-20-49(47)33-56)62-39-54(38-61(66)63(62)65)64-40-43-29-44(41-64)31-45(30-43)42-64/h25-28,32-39,43-45H,1-24,29-31,40-42H2. The van der Waals surface area contributed by atoms with Gasteiger partial charge in [-0.1, -0.05) is 75.6 Å². The highest BCUT2D eigenvalue weighted by molar-refractivity contribution is 7.00. The third kappa shape index (κ3) is 7.22. The molecule has 0 N–H and O–H groups in total. The van der Waals surface area contributed by atoms with Crippen LogP contribution in [0.2, 0.25) is 0 Å². The van der Waals surface area contributed by atoms with Gasteiger partial charge in [-0.25, -0.2) is 0 Å². The van der Waals surface area contributed by atoms with Gasteiger partial charge in [-0.2, -0.15) is 0 Å². The molecule has 0 atom stereocenters. The number of hydrogen-bond acceptors (Lipinski definition) is 2. The average molecular weight is 883 g/mol. The molecule has 4 fully saturated rings. The topological polar surface area (TPSA) is 6.48 Å². The Balaban J connectivity index is 1.07. The summed E-state index contributed by atoms with van der Waals surface area (Å²) in [6, 6.07) is 32.5. The second kappa shape index (κ2) is 17.0. The van der Waals surface area contributed by atoms with Gasteiger partial charge in [-0.3, -0.25) is 0 Å². The van der Waals surface area contributed by atoms with Crippen LogP contribution in [0.1, 0.15) is 191 Å². The van der Waals surface area contributed by atoms with Gasteiger partial charge in [0.15, 0.2) is 0 Å². The number of hydrogen-bond donors (Lipinski definition) is 0. The molecule has 8 aliphatic carbocycles. The van der Waals surface area contributed by atoms with E-state index < -0.39 is 0 Å². The predicted octanol–water partition coefficient (Wildman–Crippen LogP) is 14.9. The van der Waals surface area contributed by atoms with Crippen molar-refractivity contribution in [1.82, 2.24) is 0 Å². The molecule has 344 valence electrons. The first kappa shape index (κ1) is 41.7. The van der Waals surface area contributed by atoms with Crippen LogP contribution in [-0.2, 0) is 56.8 Å². The van der Waals surface area contributed by atoms with Gasteiger partial charge in [0.05, 0.1) is 0 Å². The van der Waals surface area contributed by atoms with Crippen LogP contribution < -0.4 is 26.2 Å². The first-order valence-electron chi connectivity index (χ1n) is 28.5. The normalized spacial score (nSPS) is 26.3. The lowest BCUT2D eigenvalue weighted by Gasteiger charge is -2.57. The highest BCUT2D eigenvalue weighted by atomic mass is 15.2. The summed E-state index contributed by atoms with van der Waals surface area (Å²) in [6.07, 6.45) is 39.9. The largest absolute Gasteiger partial charge is 0.311 e. The Labute approximate surface area is 403 Å². The fourth-order valence-corrected chi connectivity index (χ4v) is 16.9. The van der Waals surface area contributed by atoms with E-state index in [1.165, 1.54) is 227 Å². The number of benzene rings is 5. The molecule has 4 bridgehead atoms. The summed E-state index contributed by atoms with van der Waals surface area (Å²) in [6.45, 7) is 0.216. The summed E-state index contributed by atoms with van der Waals surface area (Å²) < 4.78 is 0. The van der Waals surface area contributed by atoms with Crippen molar-refractivity contribution in [3.63, 3.8) is 0 Å². The maximum Gasteiger partial charge on any atom is 0.252 e. The van der Waals surface area contributed by atoms with Crippen molar-refractivity contribution < 1.29 is 0 Å². The Kier molecular flexibility index (Phi) is 10.6. The zero-order valence-corrected chi connectivity index (χ0v) is 40.8. The Morgan fingerprint density at radius 2 is 0.687 bits per heavy atom. The van der Waals surface area contributed by atoms with Gasteiger partial charge in [0.2, 0.25) is 0 Å². The Hall–Kier alpha value is -4.24. The van der Waals surface area contributed by atoms with Gasteiger partial charge in [0, 0.05) is 34.1 Å². The summed E-state index contributed by atoms with van der Waals surface area (Å²) in [5.74, 6) is 2.71. The van der Waals surface area contributed by atoms with Crippen LogP contribution in [0.3, 0.4) is 0 Å². The molecule has 5 aromatic carbocycles. The second-order valence-corrected chi connectivity index (χ2v) is 24.2. The van der Waals surface area contributed by atoms with Crippen LogP contribution in [0.4, 0.5) is 34.1 Å². The van der Waals surface area contributed by atoms with Crippen molar-refractivity contribution in [2.75, 3.05) is 9.80 Å². The summed E-state index contributed by atoms with van der Waals surface area (Å²) in [5, 5.41) is 0. The van der Waals surface area contributed by atoms with Gasteiger partial charge < -0.3 is 9.80 Å². The molecule has 0 unspecified atom stereocenters. The van der Waals surface area contributed by atoms with E-state index >= 15 is 0 Å². The number of rotatable bonds is 3. The third-order valence-corrected chi connectivity index (χ3v) is 19.8. The lowest BCUT2D eigenvalue weighted by Crippen LogP contribution is -2.62. The van der Waals surface area contributed by atoms with E-state index in [4.69, 9.17) is 0 Å². The molecule has 5 aromatic rings. The van der Waals surface area contributed by atoms with Crippen molar-refractivity contribution in [3.05, 3.63) is 123 Å². The highest BCUT2D eigenvalue weighted by Crippen LogP contribution is 2.62. The number of fused-ring (bicyclic) bond motifs is 8. The van der Waals surface area contributed by atoms with Crippen molar-refractivity contribution in [2.45, 2.75) is 198 Å². The molecule has 0 spiro atoms. The molecule has 2 heterocycles. The van der Waals surface area contributed by atoms with E-state index in [-0.39, 0.29) is 12.1 Å². The van der Waals surface area contributed by atoms with E-state index in [0.717, 1.165) is 17.8 Å². The summed E-state index contributed by atoms with van der Waals surface area (Å²) >= 11 is 0. The zero-order chi connectivity index (χ0) is 44.1. The minimum Gasteiger partial charge on any atom is -0.311 e. The van der Waals surface area contributed by atoms with E-state index in [1.807, 2.05) is 0 Å². The molecular formula is C64H75BN2. The minimum atomic E-state index is 0.216. The molecular weight excluding hydrogens is 808 g/mol. The van der Waals surface area contributed by atoms with Crippen LogP contribution in [0.25, 0.3) is 0 Å². The lowest BCUT2D eigenvalue weighted by atomic mass is 9.33. The maximum atomic E-state index is 2.88. The van der Waals surface area contributed by atoms with Crippen molar-refractivity contribution in [1.29, 1.82) is 0 Å². The van der Waals surface area contributed by atoms with E-state index in [2.05, 4.69) is 82.6 Å². The molecule has 0 saturated heterocycles. The van der Waals surface area contributed by atoms with Gasteiger partial charge in [-0.15, -0.1) is 0 Å². The highest BCUT2D eigenvalue weighted by Gasteiger charge is 2.53. The van der Waals surface area contributed by atoms with Gasteiger partial charge in [0.1, 0.15) is 0 Å². The van der Waals surface area contributed by atoms with Crippen molar-refractivity contribution in [2.24, 2.45) is 17.8 Å². The smallest absolute Gasteiger partial charge is 0.252 e. The molecule has 2 aliphatic heterocycles. The van der Waals surface area contributed by atoms with E-state index in [1.54, 1.807) is 66.5 Å². The minimum absolute atomic E-state index is 0.216. The summed E-state index contributed by atoms with van der Waals surface area (Å²) in [4.78, 5) is 5.76. The molecule has 15 rings (SSSR count). The van der Waals surface area contributed by atoms with Gasteiger partial charge >= 0.3 is 0 Å². The van der Waals surface area contributed by atoms with Crippen LogP contribution in [0.5, 0.6) is 0 Å². The SMILES string of the molecule is c1cc2c(cc1N1c3cc4c(cc3B3c5cc6c(cc5N(c5ccc7c(c5)CCCCCC7)c5cc(C78CC9CC(CC(C9)C7)C8)cc1c53)CCCCCC6)CCCCCC4)CCCCCC2. The summed E-state index contributed by atoms with van der Waals surface area (Å²) in [5.41, 5.74) is 28.5. The molecule has 4 saturated carbocycles. The lowest BCUT2D eigenvalue weighted by molar-refractivity contribution is -0.00514. The number of nitrogens with zero attached hydrogens (tertiary/aromatic N) is 2. The molecule has 10 aliphatic rings. The zero-order valence-electron chi connectivity index (χ0n) is 40.8. The molecule has 0 radical (unpaired) electrons. The second-order valence-electron chi connectivity index (χ2n) is 24.2. The van der Waals surface area contributed by atoms with Crippen LogP contribution in [0.15, 0.2) is 72.8 Å². The van der Waals surface area contributed by atoms with Crippen molar-refractivity contribution >= 4 is 57.2 Å². The fourth-order valence-electron chi connectivity index (χ4n) is 16.9. The Morgan fingerprint density at radius 1 is 0.343 bits per heavy atom. The van der Waals surface area contributed by atoms with E-state index in [0.29, 0.717) is 0 Å². The first-order valence-corrected chi connectivity index (χ1v) is 28.5. The Morgan fingerprint density at radius 3 is 1.07 bits per heavy atom. The maximum absolute atomic E-state index is 2.88. The molecule has 0 amide bonds. The Bertz CT molecular complexity index is 2540. The average Bonchev–Trinajstić information content (AvgIpc) is 3.29. The molecule has 2 nitrogen and oxygen atoms in total. The molecule has 3 heteroatoms. The summed E-state index contributed by atoms with van der Waals surface area (Å²) in [7, 11) is 0. The molecule has 0 aromatic heterocycles.